The highest BCUT2D eigenvalue weighted by Crippen LogP contribution is 2.12. The zero-order valence-electron chi connectivity index (χ0n) is 8.68. The van der Waals surface area contributed by atoms with Crippen molar-refractivity contribution in [3.05, 3.63) is 29.0 Å². The quantitative estimate of drug-likeness (QED) is 0.844. The lowest BCUT2D eigenvalue weighted by atomic mass is 10.4. The molecule has 4 nitrogen and oxygen atoms in total. The van der Waals surface area contributed by atoms with Gasteiger partial charge in [0.05, 0.1) is 6.54 Å². The van der Waals surface area contributed by atoms with E-state index in [9.17, 15) is 0 Å². The molecule has 5 heteroatoms. The first-order valence-electron chi connectivity index (χ1n) is 5.03. The van der Waals surface area contributed by atoms with E-state index in [-0.39, 0.29) is 0 Å². The molecule has 80 valence electrons. The summed E-state index contributed by atoms with van der Waals surface area (Å²) >= 11 is 1.69. The van der Waals surface area contributed by atoms with Gasteiger partial charge in [-0.1, -0.05) is 6.92 Å². The molecule has 2 heterocycles. The van der Waals surface area contributed by atoms with Crippen molar-refractivity contribution in [3.8, 4) is 0 Å². The van der Waals surface area contributed by atoms with Crippen LogP contribution in [0.3, 0.4) is 0 Å². The number of hydrogen-bond acceptors (Lipinski definition) is 4. The fourth-order valence-corrected chi connectivity index (χ4v) is 1.98. The highest BCUT2D eigenvalue weighted by molar-refractivity contribution is 7.08. The molecule has 0 unspecified atom stereocenters. The smallest absolute Gasteiger partial charge is 0.146 e. The van der Waals surface area contributed by atoms with Crippen LogP contribution in [-0.2, 0) is 13.1 Å². The molecule has 2 aromatic heterocycles. The van der Waals surface area contributed by atoms with Gasteiger partial charge in [-0.05, 0) is 17.9 Å². The fraction of sp³-hybridized carbons (Fsp3) is 0.400. The molecule has 0 amide bonds. The molecule has 0 bridgehead atoms. The van der Waals surface area contributed by atoms with Crippen LogP contribution in [-0.4, -0.2) is 14.8 Å². The van der Waals surface area contributed by atoms with Gasteiger partial charge in [-0.15, -0.1) is 0 Å². The van der Waals surface area contributed by atoms with Crippen LogP contribution in [0.2, 0.25) is 0 Å². The van der Waals surface area contributed by atoms with Crippen LogP contribution < -0.4 is 5.32 Å². The lowest BCUT2D eigenvalue weighted by Gasteiger charge is -2.05. The Morgan fingerprint density at radius 3 is 3.20 bits per heavy atom. The second-order valence-electron chi connectivity index (χ2n) is 3.26. The van der Waals surface area contributed by atoms with Gasteiger partial charge in [0.2, 0.25) is 0 Å². The Balaban J connectivity index is 1.95. The summed E-state index contributed by atoms with van der Waals surface area (Å²) in [6, 6.07) is 2.06. The van der Waals surface area contributed by atoms with Crippen molar-refractivity contribution in [2.24, 2.45) is 0 Å². The maximum atomic E-state index is 4.23. The van der Waals surface area contributed by atoms with E-state index in [0.717, 1.165) is 31.0 Å². The topological polar surface area (TPSA) is 42.7 Å². The van der Waals surface area contributed by atoms with Crippen molar-refractivity contribution < 1.29 is 0 Å². The minimum absolute atomic E-state index is 0.733. The number of nitrogens with zero attached hydrogens (tertiary/aromatic N) is 3. The first-order valence-corrected chi connectivity index (χ1v) is 5.97. The molecule has 0 spiro atoms. The third-order valence-corrected chi connectivity index (χ3v) is 2.79. The Morgan fingerprint density at radius 1 is 1.53 bits per heavy atom. The first-order chi connectivity index (χ1) is 7.40. The molecule has 0 fully saturated rings. The highest BCUT2D eigenvalue weighted by Gasteiger charge is 2.02. The number of aryl methyl sites for hydroxylation is 1. The van der Waals surface area contributed by atoms with Gasteiger partial charge in [-0.2, -0.15) is 16.4 Å². The Bertz CT molecular complexity index is 393. The number of anilines is 1. The van der Waals surface area contributed by atoms with Gasteiger partial charge in [0.1, 0.15) is 12.2 Å². The number of aromatic nitrogens is 3. The van der Waals surface area contributed by atoms with E-state index in [1.165, 1.54) is 0 Å². The number of nitrogens with one attached hydrogen (secondary N) is 1. The van der Waals surface area contributed by atoms with Crippen molar-refractivity contribution in [3.63, 3.8) is 0 Å². The van der Waals surface area contributed by atoms with Crippen LogP contribution in [0.4, 0.5) is 5.69 Å². The number of rotatable bonds is 5. The lowest BCUT2D eigenvalue weighted by molar-refractivity contribution is 0.574. The van der Waals surface area contributed by atoms with Gasteiger partial charge >= 0.3 is 0 Å². The van der Waals surface area contributed by atoms with E-state index in [1.807, 2.05) is 4.68 Å². The number of thiophene rings is 1. The molecule has 0 radical (unpaired) electrons. The molecule has 0 aliphatic carbocycles. The maximum Gasteiger partial charge on any atom is 0.146 e. The first kappa shape index (κ1) is 10.2. The average molecular weight is 222 g/mol. The molecule has 0 atom stereocenters. The van der Waals surface area contributed by atoms with Crippen LogP contribution in [0.1, 0.15) is 19.2 Å². The van der Waals surface area contributed by atoms with Crippen LogP contribution in [0.5, 0.6) is 0 Å². The van der Waals surface area contributed by atoms with Crippen LogP contribution in [0, 0.1) is 0 Å². The second-order valence-corrected chi connectivity index (χ2v) is 4.05. The van der Waals surface area contributed by atoms with E-state index in [0.29, 0.717) is 0 Å². The van der Waals surface area contributed by atoms with Crippen LogP contribution in [0.15, 0.2) is 23.2 Å². The summed E-state index contributed by atoms with van der Waals surface area (Å²) in [5.74, 6) is 0.989. The summed E-state index contributed by atoms with van der Waals surface area (Å²) in [6.07, 6.45) is 2.69. The van der Waals surface area contributed by atoms with E-state index in [1.54, 1.807) is 17.7 Å². The molecular weight excluding hydrogens is 208 g/mol. The zero-order valence-corrected chi connectivity index (χ0v) is 9.50. The molecule has 0 aliphatic heterocycles. The predicted octanol–water partition coefficient (Wildman–Crippen LogP) is 2.36. The van der Waals surface area contributed by atoms with Gasteiger partial charge in [0.15, 0.2) is 0 Å². The lowest BCUT2D eigenvalue weighted by Crippen LogP contribution is -2.09. The molecule has 0 saturated carbocycles. The predicted molar refractivity (Wildman–Crippen MR) is 62.0 cm³/mol. The summed E-state index contributed by atoms with van der Waals surface area (Å²) in [6.45, 7) is 3.80. The molecule has 2 aromatic rings. The SMILES string of the molecule is CCCn1ncnc1CNc1ccsc1. The summed E-state index contributed by atoms with van der Waals surface area (Å²) in [7, 11) is 0. The Hall–Kier alpha value is -1.36. The monoisotopic (exact) mass is 222 g/mol. The Labute approximate surface area is 93.0 Å². The third kappa shape index (κ3) is 2.56. The van der Waals surface area contributed by atoms with Crippen molar-refractivity contribution in [2.75, 3.05) is 5.32 Å². The third-order valence-electron chi connectivity index (χ3n) is 2.10. The summed E-state index contributed by atoms with van der Waals surface area (Å²) in [5, 5.41) is 11.6. The molecule has 2 rings (SSSR count). The van der Waals surface area contributed by atoms with Gasteiger partial charge in [-0.25, -0.2) is 9.67 Å². The Morgan fingerprint density at radius 2 is 2.47 bits per heavy atom. The number of hydrogen-bond donors (Lipinski definition) is 1. The molecular formula is C10H14N4S. The van der Waals surface area contributed by atoms with Crippen molar-refractivity contribution in [1.29, 1.82) is 0 Å². The largest absolute Gasteiger partial charge is 0.377 e. The minimum atomic E-state index is 0.733. The van der Waals surface area contributed by atoms with E-state index in [4.69, 9.17) is 0 Å². The van der Waals surface area contributed by atoms with Gasteiger partial charge in [0, 0.05) is 17.6 Å². The molecule has 0 aliphatic rings. The zero-order chi connectivity index (χ0) is 10.5. The highest BCUT2D eigenvalue weighted by atomic mass is 32.1. The van der Waals surface area contributed by atoms with E-state index < -0.39 is 0 Å². The Kier molecular flexibility index (Phi) is 3.34. The summed E-state index contributed by atoms with van der Waals surface area (Å²) in [5.41, 5.74) is 1.14. The normalized spacial score (nSPS) is 10.5. The van der Waals surface area contributed by atoms with Crippen LogP contribution >= 0.6 is 11.3 Å². The average Bonchev–Trinajstić information content (AvgIpc) is 2.85. The molecule has 0 saturated heterocycles. The summed E-state index contributed by atoms with van der Waals surface area (Å²) < 4.78 is 1.94. The van der Waals surface area contributed by atoms with Crippen molar-refractivity contribution in [2.45, 2.75) is 26.4 Å². The van der Waals surface area contributed by atoms with Gasteiger partial charge in [0.25, 0.3) is 0 Å². The molecule has 1 N–H and O–H groups in total. The fourth-order valence-electron chi connectivity index (χ4n) is 1.37. The van der Waals surface area contributed by atoms with Gasteiger partial charge < -0.3 is 5.32 Å². The standard InChI is InChI=1S/C10H14N4S/c1-2-4-14-10(12-8-13-14)6-11-9-3-5-15-7-9/h3,5,7-8,11H,2,4,6H2,1H3. The molecule has 0 aromatic carbocycles. The second kappa shape index (κ2) is 4.93. The van der Waals surface area contributed by atoms with Gasteiger partial charge in [-0.3, -0.25) is 0 Å². The van der Waals surface area contributed by atoms with E-state index >= 15 is 0 Å². The maximum absolute atomic E-state index is 4.23. The van der Waals surface area contributed by atoms with E-state index in [2.05, 4.69) is 39.1 Å². The summed E-state index contributed by atoms with van der Waals surface area (Å²) in [4.78, 5) is 4.23. The minimum Gasteiger partial charge on any atom is -0.377 e. The molecule has 15 heavy (non-hydrogen) atoms. The van der Waals surface area contributed by atoms with Crippen LogP contribution in [0.25, 0.3) is 0 Å². The van der Waals surface area contributed by atoms with Crippen molar-refractivity contribution >= 4 is 17.0 Å². The van der Waals surface area contributed by atoms with Crippen molar-refractivity contribution in [1.82, 2.24) is 14.8 Å².